The predicted octanol–water partition coefficient (Wildman–Crippen LogP) is 8.74. The molecule has 23 heavy (non-hydrogen) atoms. The maximum Gasteiger partial charge on any atom is -0.0324 e. The van der Waals surface area contributed by atoms with E-state index < -0.39 is 0 Å². The Balaban J connectivity index is 4.27. The number of unbranched alkanes of at least 4 members (excludes halogenated alkanes) is 8. The van der Waals surface area contributed by atoms with Crippen molar-refractivity contribution in [1.29, 1.82) is 0 Å². The average molecular weight is 324 g/mol. The van der Waals surface area contributed by atoms with Gasteiger partial charge in [-0.1, -0.05) is 130 Å². The van der Waals surface area contributed by atoms with Gasteiger partial charge in [0.05, 0.1) is 0 Å². The SMILES string of the molecule is CCCCCCC([CH]C(CCCCC)CCCCC)CCCC. The minimum absolute atomic E-state index is 0.903. The van der Waals surface area contributed by atoms with E-state index in [1.165, 1.54) is 103 Å². The van der Waals surface area contributed by atoms with E-state index in [1.807, 2.05) is 0 Å². The molecule has 0 aliphatic heterocycles. The highest BCUT2D eigenvalue weighted by atomic mass is 14.2. The van der Waals surface area contributed by atoms with Crippen molar-refractivity contribution in [2.75, 3.05) is 0 Å². The summed E-state index contributed by atoms with van der Waals surface area (Å²) in [7, 11) is 0. The molecular formula is C23H47. The van der Waals surface area contributed by atoms with Crippen LogP contribution in [0.4, 0.5) is 0 Å². The molecule has 0 N–H and O–H groups in total. The Labute approximate surface area is 149 Å². The molecule has 0 saturated carbocycles. The summed E-state index contributed by atoms with van der Waals surface area (Å²) >= 11 is 0. The molecule has 1 unspecified atom stereocenters. The van der Waals surface area contributed by atoms with Crippen molar-refractivity contribution in [2.45, 2.75) is 130 Å². The van der Waals surface area contributed by atoms with E-state index in [2.05, 4.69) is 34.1 Å². The molecule has 139 valence electrons. The molecule has 0 aromatic rings. The zero-order valence-corrected chi connectivity index (χ0v) is 17.0. The van der Waals surface area contributed by atoms with Gasteiger partial charge in [0, 0.05) is 0 Å². The Bertz CT molecular complexity index is 198. The summed E-state index contributed by atoms with van der Waals surface area (Å²) in [5, 5.41) is 0. The van der Waals surface area contributed by atoms with Gasteiger partial charge in [-0.15, -0.1) is 0 Å². The van der Waals surface area contributed by atoms with Crippen molar-refractivity contribution in [3.05, 3.63) is 6.42 Å². The van der Waals surface area contributed by atoms with Crippen LogP contribution in [-0.4, -0.2) is 0 Å². The second-order valence-corrected chi connectivity index (χ2v) is 7.70. The summed E-state index contributed by atoms with van der Waals surface area (Å²) in [5.41, 5.74) is 0. The first-order valence-electron chi connectivity index (χ1n) is 11.1. The first kappa shape index (κ1) is 23.0. The lowest BCUT2D eigenvalue weighted by molar-refractivity contribution is 0.370. The Kier molecular flexibility index (Phi) is 18.3. The predicted molar refractivity (Wildman–Crippen MR) is 108 cm³/mol. The minimum Gasteiger partial charge on any atom is -0.0654 e. The van der Waals surface area contributed by atoms with Gasteiger partial charge in [-0.25, -0.2) is 0 Å². The number of rotatable bonds is 18. The summed E-state index contributed by atoms with van der Waals surface area (Å²) in [6, 6.07) is 0. The maximum absolute atomic E-state index is 2.81. The molecule has 0 aromatic heterocycles. The molecule has 0 saturated heterocycles. The third kappa shape index (κ3) is 15.3. The van der Waals surface area contributed by atoms with Gasteiger partial charge >= 0.3 is 0 Å². The van der Waals surface area contributed by atoms with E-state index >= 15 is 0 Å². The van der Waals surface area contributed by atoms with Crippen LogP contribution in [-0.2, 0) is 0 Å². The fourth-order valence-corrected chi connectivity index (χ4v) is 3.67. The van der Waals surface area contributed by atoms with Crippen molar-refractivity contribution in [3.8, 4) is 0 Å². The van der Waals surface area contributed by atoms with Gasteiger partial charge < -0.3 is 0 Å². The summed E-state index contributed by atoms with van der Waals surface area (Å²) in [6.45, 7) is 9.31. The van der Waals surface area contributed by atoms with E-state index in [9.17, 15) is 0 Å². The van der Waals surface area contributed by atoms with Gasteiger partial charge in [0.1, 0.15) is 0 Å². The average Bonchev–Trinajstić information content (AvgIpc) is 2.56. The molecule has 0 spiro atoms. The summed E-state index contributed by atoms with van der Waals surface area (Å²) in [6.07, 6.45) is 25.5. The van der Waals surface area contributed by atoms with Crippen LogP contribution in [0.2, 0.25) is 0 Å². The molecular weight excluding hydrogens is 276 g/mol. The zero-order chi connectivity index (χ0) is 17.2. The van der Waals surface area contributed by atoms with Gasteiger partial charge in [0.25, 0.3) is 0 Å². The summed E-state index contributed by atoms with van der Waals surface area (Å²) in [5.74, 6) is 1.81. The third-order valence-corrected chi connectivity index (χ3v) is 5.26. The quantitative estimate of drug-likeness (QED) is 0.221. The van der Waals surface area contributed by atoms with Crippen LogP contribution in [0.15, 0.2) is 0 Å². The maximum atomic E-state index is 2.81. The van der Waals surface area contributed by atoms with E-state index in [-0.39, 0.29) is 0 Å². The molecule has 0 aliphatic rings. The first-order chi connectivity index (χ1) is 11.3. The second kappa shape index (κ2) is 18.3. The van der Waals surface area contributed by atoms with E-state index in [4.69, 9.17) is 0 Å². The smallest absolute Gasteiger partial charge is 0.0324 e. The largest absolute Gasteiger partial charge is 0.0654 e. The third-order valence-electron chi connectivity index (χ3n) is 5.26. The topological polar surface area (TPSA) is 0 Å². The Morgan fingerprint density at radius 3 is 1.22 bits per heavy atom. The van der Waals surface area contributed by atoms with Crippen LogP contribution in [0.5, 0.6) is 0 Å². The highest BCUT2D eigenvalue weighted by Gasteiger charge is 2.16. The zero-order valence-electron chi connectivity index (χ0n) is 17.0. The summed E-state index contributed by atoms with van der Waals surface area (Å²) < 4.78 is 0. The van der Waals surface area contributed by atoms with Gasteiger partial charge in [-0.3, -0.25) is 0 Å². The lowest BCUT2D eigenvalue weighted by Gasteiger charge is -2.24. The Morgan fingerprint density at radius 1 is 0.435 bits per heavy atom. The molecule has 0 aromatic carbocycles. The van der Waals surface area contributed by atoms with E-state index in [1.54, 1.807) is 0 Å². The van der Waals surface area contributed by atoms with Crippen molar-refractivity contribution < 1.29 is 0 Å². The van der Waals surface area contributed by atoms with Crippen LogP contribution >= 0.6 is 0 Å². The standard InChI is InChI=1S/C23H47/c1-5-9-13-16-20-22(17-12-8-4)21-23(18-14-10-6-2)19-15-11-7-3/h21-23H,5-20H2,1-4H3. The lowest BCUT2D eigenvalue weighted by Crippen LogP contribution is -2.11. The van der Waals surface area contributed by atoms with Crippen LogP contribution < -0.4 is 0 Å². The van der Waals surface area contributed by atoms with Crippen molar-refractivity contribution in [2.24, 2.45) is 11.8 Å². The monoisotopic (exact) mass is 323 g/mol. The Morgan fingerprint density at radius 2 is 0.783 bits per heavy atom. The van der Waals surface area contributed by atoms with Crippen LogP contribution in [0.25, 0.3) is 0 Å². The number of hydrogen-bond acceptors (Lipinski definition) is 0. The van der Waals surface area contributed by atoms with Gasteiger partial charge in [-0.05, 0) is 18.3 Å². The van der Waals surface area contributed by atoms with E-state index in [0.29, 0.717) is 0 Å². The normalized spacial score (nSPS) is 12.9. The Hall–Kier alpha value is 0. The molecule has 0 heteroatoms. The van der Waals surface area contributed by atoms with E-state index in [0.717, 1.165) is 11.8 Å². The van der Waals surface area contributed by atoms with Crippen LogP contribution in [0.3, 0.4) is 0 Å². The highest BCUT2D eigenvalue weighted by molar-refractivity contribution is 4.84. The highest BCUT2D eigenvalue weighted by Crippen LogP contribution is 2.29. The molecule has 0 bridgehead atoms. The van der Waals surface area contributed by atoms with Gasteiger partial charge in [-0.2, -0.15) is 0 Å². The van der Waals surface area contributed by atoms with Gasteiger partial charge in [0.2, 0.25) is 0 Å². The first-order valence-corrected chi connectivity index (χ1v) is 11.1. The fraction of sp³-hybridized carbons (Fsp3) is 0.957. The molecule has 0 amide bonds. The lowest BCUT2D eigenvalue weighted by atomic mass is 9.82. The summed E-state index contributed by atoms with van der Waals surface area (Å²) in [4.78, 5) is 0. The van der Waals surface area contributed by atoms with Crippen LogP contribution in [0.1, 0.15) is 130 Å². The van der Waals surface area contributed by atoms with Crippen molar-refractivity contribution >= 4 is 0 Å². The molecule has 0 aliphatic carbocycles. The van der Waals surface area contributed by atoms with Gasteiger partial charge in [0.15, 0.2) is 0 Å². The molecule has 1 radical (unpaired) electrons. The van der Waals surface area contributed by atoms with Crippen molar-refractivity contribution in [3.63, 3.8) is 0 Å². The number of hydrogen-bond donors (Lipinski definition) is 0. The fourth-order valence-electron chi connectivity index (χ4n) is 3.67. The minimum atomic E-state index is 0.903. The van der Waals surface area contributed by atoms with Crippen LogP contribution in [0, 0.1) is 18.3 Å². The second-order valence-electron chi connectivity index (χ2n) is 7.70. The molecule has 1 atom stereocenters. The molecule has 0 nitrogen and oxygen atoms in total. The molecule has 0 heterocycles. The van der Waals surface area contributed by atoms with Crippen molar-refractivity contribution in [1.82, 2.24) is 0 Å². The molecule has 0 fully saturated rings. The molecule has 0 rings (SSSR count).